The molecule has 0 unspecified atom stereocenters. The first-order valence-electron chi connectivity index (χ1n) is 7.27. The van der Waals surface area contributed by atoms with Crippen molar-refractivity contribution in [3.05, 3.63) is 18.2 Å². The minimum absolute atomic E-state index is 0.0226. The molecule has 1 amide bonds. The Labute approximate surface area is 120 Å². The van der Waals surface area contributed by atoms with Gasteiger partial charge in [0.2, 0.25) is 0 Å². The minimum Gasteiger partial charge on any atom is -0.508 e. The van der Waals surface area contributed by atoms with Crippen LogP contribution in [0.4, 0.5) is 5.69 Å². The summed E-state index contributed by atoms with van der Waals surface area (Å²) in [4.78, 5) is 14.6. The number of phenolic OH excluding ortho intramolecular Hbond substituents is 1. The van der Waals surface area contributed by atoms with Crippen molar-refractivity contribution in [3.8, 4) is 11.5 Å². The van der Waals surface area contributed by atoms with Crippen LogP contribution in [0.3, 0.4) is 0 Å². The van der Waals surface area contributed by atoms with Gasteiger partial charge >= 0.3 is 0 Å². The van der Waals surface area contributed by atoms with E-state index in [-0.39, 0.29) is 11.7 Å². The summed E-state index contributed by atoms with van der Waals surface area (Å²) >= 11 is 0. The molecule has 0 fully saturated rings. The third kappa shape index (κ3) is 2.35. The third-order valence-electron chi connectivity index (χ3n) is 3.86. The van der Waals surface area contributed by atoms with E-state index in [1.165, 1.54) is 0 Å². The van der Waals surface area contributed by atoms with E-state index in [0.717, 1.165) is 5.69 Å². The van der Waals surface area contributed by atoms with Crippen molar-refractivity contribution in [1.82, 2.24) is 0 Å². The van der Waals surface area contributed by atoms with Gasteiger partial charge in [-0.25, -0.2) is 0 Å². The molecule has 1 N–H and O–H groups in total. The number of ether oxygens (including phenoxy) is 1. The number of hydrogen-bond donors (Lipinski definition) is 1. The fourth-order valence-electron chi connectivity index (χ4n) is 2.66. The first-order valence-corrected chi connectivity index (χ1v) is 7.27. The normalized spacial score (nSPS) is 17.1. The van der Waals surface area contributed by atoms with Crippen LogP contribution in [0.1, 0.15) is 40.5 Å². The fourth-order valence-corrected chi connectivity index (χ4v) is 2.66. The Kier molecular flexibility index (Phi) is 3.93. The van der Waals surface area contributed by atoms with Gasteiger partial charge in [0.15, 0.2) is 5.60 Å². The third-order valence-corrected chi connectivity index (χ3v) is 3.86. The van der Waals surface area contributed by atoms with Gasteiger partial charge < -0.3 is 14.7 Å². The fraction of sp³-hybridized carbons (Fsp3) is 0.562. The number of carbonyl (C=O) groups excluding carboxylic acids is 1. The van der Waals surface area contributed by atoms with E-state index in [1.807, 2.05) is 13.8 Å². The molecule has 4 heteroatoms. The number of carbonyl (C=O) groups is 1. The number of fused-ring (bicyclic) bond motifs is 1. The van der Waals surface area contributed by atoms with Gasteiger partial charge in [0.25, 0.3) is 5.91 Å². The molecule has 1 aromatic rings. The Bertz CT molecular complexity index is 506. The lowest BCUT2D eigenvalue weighted by Gasteiger charge is -2.42. The lowest BCUT2D eigenvalue weighted by molar-refractivity contribution is -0.136. The molecule has 1 aromatic carbocycles. The molecule has 0 aromatic heterocycles. The Morgan fingerprint density at radius 3 is 2.50 bits per heavy atom. The molecule has 110 valence electrons. The van der Waals surface area contributed by atoms with E-state index in [0.29, 0.717) is 31.1 Å². The van der Waals surface area contributed by atoms with Crippen LogP contribution in [0.25, 0.3) is 0 Å². The molecular weight excluding hydrogens is 254 g/mol. The van der Waals surface area contributed by atoms with Crippen molar-refractivity contribution < 1.29 is 14.6 Å². The summed E-state index contributed by atoms with van der Waals surface area (Å²) in [5.41, 5.74) is -0.0607. The van der Waals surface area contributed by atoms with E-state index in [1.54, 1.807) is 23.1 Å². The van der Waals surface area contributed by atoms with Crippen molar-refractivity contribution in [1.29, 1.82) is 0 Å². The summed E-state index contributed by atoms with van der Waals surface area (Å²) in [5, 5.41) is 9.65. The summed E-state index contributed by atoms with van der Waals surface area (Å²) in [6.07, 6.45) is 1.23. The molecule has 0 radical (unpaired) electrons. The molecule has 2 rings (SSSR count). The number of amides is 1. The number of hydrogen-bond acceptors (Lipinski definition) is 3. The lowest BCUT2D eigenvalue weighted by atomic mass is 9.92. The highest BCUT2D eigenvalue weighted by Crippen LogP contribution is 2.42. The summed E-state index contributed by atoms with van der Waals surface area (Å²) in [6.45, 7) is 8.75. The number of anilines is 1. The molecule has 0 spiro atoms. The second kappa shape index (κ2) is 5.35. The summed E-state index contributed by atoms with van der Waals surface area (Å²) in [7, 11) is 0. The van der Waals surface area contributed by atoms with Crippen molar-refractivity contribution in [2.75, 3.05) is 11.4 Å². The van der Waals surface area contributed by atoms with Crippen LogP contribution in [0.15, 0.2) is 18.2 Å². The van der Waals surface area contributed by atoms with Gasteiger partial charge in [-0.05, 0) is 30.9 Å². The Hall–Kier alpha value is -1.71. The van der Waals surface area contributed by atoms with Gasteiger partial charge in [-0.2, -0.15) is 0 Å². The predicted octanol–water partition coefficient (Wildman–Crippen LogP) is 3.33. The zero-order valence-corrected chi connectivity index (χ0v) is 12.6. The first-order chi connectivity index (χ1) is 9.43. The predicted molar refractivity (Wildman–Crippen MR) is 79.2 cm³/mol. The molecule has 20 heavy (non-hydrogen) atoms. The van der Waals surface area contributed by atoms with E-state index < -0.39 is 5.60 Å². The maximum absolute atomic E-state index is 12.8. The number of phenols is 1. The highest BCUT2D eigenvalue weighted by molar-refractivity contribution is 6.03. The summed E-state index contributed by atoms with van der Waals surface area (Å²) in [5.74, 6) is 1.14. The lowest BCUT2D eigenvalue weighted by Crippen LogP contribution is -2.56. The van der Waals surface area contributed by atoms with Gasteiger partial charge in [-0.1, -0.05) is 27.7 Å². The van der Waals surface area contributed by atoms with Gasteiger partial charge in [-0.15, -0.1) is 0 Å². The van der Waals surface area contributed by atoms with Crippen molar-refractivity contribution in [2.24, 2.45) is 5.92 Å². The Morgan fingerprint density at radius 2 is 1.95 bits per heavy atom. The largest absolute Gasteiger partial charge is 0.508 e. The molecule has 1 heterocycles. The highest BCUT2D eigenvalue weighted by Gasteiger charge is 2.45. The molecule has 1 aliphatic heterocycles. The summed E-state index contributed by atoms with van der Waals surface area (Å²) < 4.78 is 5.97. The van der Waals surface area contributed by atoms with Gasteiger partial charge in [0, 0.05) is 12.6 Å². The zero-order chi connectivity index (χ0) is 14.9. The monoisotopic (exact) mass is 277 g/mol. The number of nitrogens with zero attached hydrogens (tertiary/aromatic N) is 1. The van der Waals surface area contributed by atoms with E-state index >= 15 is 0 Å². The average molecular weight is 277 g/mol. The van der Waals surface area contributed by atoms with Gasteiger partial charge in [0.05, 0.1) is 5.69 Å². The van der Waals surface area contributed by atoms with Gasteiger partial charge in [-0.3, -0.25) is 4.79 Å². The molecule has 0 bridgehead atoms. The molecule has 0 saturated carbocycles. The number of aromatic hydroxyl groups is 1. The maximum atomic E-state index is 12.8. The van der Waals surface area contributed by atoms with E-state index in [4.69, 9.17) is 4.74 Å². The topological polar surface area (TPSA) is 49.8 Å². The maximum Gasteiger partial charge on any atom is 0.271 e. The van der Waals surface area contributed by atoms with Crippen LogP contribution in [0.5, 0.6) is 11.5 Å². The average Bonchev–Trinajstić information content (AvgIpc) is 2.41. The molecule has 0 atom stereocenters. The van der Waals surface area contributed by atoms with E-state index in [9.17, 15) is 9.90 Å². The minimum atomic E-state index is -0.810. The van der Waals surface area contributed by atoms with Crippen LogP contribution >= 0.6 is 0 Å². The second-order valence-electron chi connectivity index (χ2n) is 5.77. The van der Waals surface area contributed by atoms with Crippen LogP contribution in [0.2, 0.25) is 0 Å². The molecule has 4 nitrogen and oxygen atoms in total. The standard InChI is InChI=1S/C16H23NO3/c1-5-16(6-2)15(19)17(10-11(3)4)13-8-7-12(18)9-14(13)20-16/h7-9,11,18H,5-6,10H2,1-4H3. The Balaban J connectivity index is 2.52. The smallest absolute Gasteiger partial charge is 0.271 e. The van der Waals surface area contributed by atoms with Crippen molar-refractivity contribution >= 4 is 11.6 Å². The molecule has 1 aliphatic rings. The number of benzene rings is 1. The second-order valence-corrected chi connectivity index (χ2v) is 5.77. The SMILES string of the molecule is CCC1(CC)Oc2cc(O)ccc2N(CC(C)C)C1=O. The highest BCUT2D eigenvalue weighted by atomic mass is 16.5. The first kappa shape index (κ1) is 14.7. The van der Waals surface area contributed by atoms with Crippen LogP contribution in [-0.2, 0) is 4.79 Å². The van der Waals surface area contributed by atoms with Crippen LogP contribution in [0, 0.1) is 5.92 Å². The van der Waals surface area contributed by atoms with E-state index in [2.05, 4.69) is 13.8 Å². The van der Waals surface area contributed by atoms with Crippen molar-refractivity contribution in [3.63, 3.8) is 0 Å². The van der Waals surface area contributed by atoms with Crippen LogP contribution < -0.4 is 9.64 Å². The number of rotatable bonds is 4. The van der Waals surface area contributed by atoms with Crippen molar-refractivity contribution in [2.45, 2.75) is 46.1 Å². The molecule has 0 saturated heterocycles. The molecule has 0 aliphatic carbocycles. The van der Waals surface area contributed by atoms with Gasteiger partial charge in [0.1, 0.15) is 11.5 Å². The molecular formula is C16H23NO3. The zero-order valence-electron chi connectivity index (χ0n) is 12.6. The Morgan fingerprint density at radius 1 is 1.30 bits per heavy atom. The summed E-state index contributed by atoms with van der Waals surface area (Å²) in [6, 6.07) is 4.93. The quantitative estimate of drug-likeness (QED) is 0.918. The van der Waals surface area contributed by atoms with Crippen LogP contribution in [-0.4, -0.2) is 23.2 Å².